The van der Waals surface area contributed by atoms with Crippen LogP contribution in [0.2, 0.25) is 0 Å². The van der Waals surface area contributed by atoms with Gasteiger partial charge in [-0.25, -0.2) is 4.98 Å². The topological polar surface area (TPSA) is 45.2 Å². The highest BCUT2D eigenvalue weighted by molar-refractivity contribution is 7.18. The molecular weight excluding hydrogens is 354 g/mol. The molecule has 5 heteroatoms. The zero-order valence-electron chi connectivity index (χ0n) is 16.3. The van der Waals surface area contributed by atoms with Crippen LogP contribution >= 0.6 is 11.3 Å². The van der Waals surface area contributed by atoms with E-state index in [1.54, 1.807) is 0 Å². The summed E-state index contributed by atoms with van der Waals surface area (Å²) in [5, 5.41) is 4.49. The first kappa shape index (κ1) is 18.9. The van der Waals surface area contributed by atoms with Crippen LogP contribution in [0, 0.1) is 5.92 Å². The first-order valence-electron chi connectivity index (χ1n) is 10.6. The second-order valence-electron chi connectivity index (χ2n) is 8.26. The maximum absolute atomic E-state index is 12.6. The zero-order valence-corrected chi connectivity index (χ0v) is 17.1. The van der Waals surface area contributed by atoms with Crippen molar-refractivity contribution in [2.45, 2.75) is 63.8 Å². The number of nitrogens with zero attached hydrogens (tertiary/aromatic N) is 2. The number of benzene rings is 1. The molecule has 2 aromatic rings. The normalized spacial score (nSPS) is 21.4. The van der Waals surface area contributed by atoms with Crippen LogP contribution in [-0.4, -0.2) is 41.5 Å². The molecule has 1 saturated heterocycles. The van der Waals surface area contributed by atoms with Gasteiger partial charge in [0.25, 0.3) is 0 Å². The molecule has 0 bridgehead atoms. The lowest BCUT2D eigenvalue weighted by Gasteiger charge is -2.35. The number of likely N-dealkylation sites (tertiary alicyclic amines) is 1. The summed E-state index contributed by atoms with van der Waals surface area (Å²) in [6, 6.07) is 8.38. The van der Waals surface area contributed by atoms with E-state index in [0.29, 0.717) is 11.8 Å². The molecule has 4 nitrogen and oxygen atoms in total. The second kappa shape index (κ2) is 8.70. The van der Waals surface area contributed by atoms with E-state index in [2.05, 4.69) is 41.4 Å². The monoisotopic (exact) mass is 385 g/mol. The summed E-state index contributed by atoms with van der Waals surface area (Å²) in [5.74, 6) is 1.44. The molecule has 1 aliphatic carbocycles. The van der Waals surface area contributed by atoms with Gasteiger partial charge in [0.1, 0.15) is 0 Å². The summed E-state index contributed by atoms with van der Waals surface area (Å²) in [6.45, 7) is 4.90. The molecule has 4 rings (SSSR count). The molecule has 1 aliphatic heterocycles. The predicted molar refractivity (Wildman–Crippen MR) is 112 cm³/mol. The number of carbonyl (C=O) groups excluding carboxylic acids is 1. The fourth-order valence-electron chi connectivity index (χ4n) is 4.55. The molecule has 1 amide bonds. The summed E-state index contributed by atoms with van der Waals surface area (Å²) in [7, 11) is 0. The van der Waals surface area contributed by atoms with Gasteiger partial charge < -0.3 is 5.32 Å². The van der Waals surface area contributed by atoms with Gasteiger partial charge in [-0.15, -0.1) is 11.3 Å². The first-order chi connectivity index (χ1) is 13.2. The maximum Gasteiger partial charge on any atom is 0.237 e. The van der Waals surface area contributed by atoms with Gasteiger partial charge in [0.2, 0.25) is 5.91 Å². The van der Waals surface area contributed by atoms with Crippen molar-refractivity contribution < 1.29 is 4.79 Å². The highest BCUT2D eigenvalue weighted by Gasteiger charge is 2.29. The van der Waals surface area contributed by atoms with Crippen LogP contribution in [0.1, 0.15) is 62.8 Å². The van der Waals surface area contributed by atoms with Gasteiger partial charge in [-0.05, 0) is 63.7 Å². The quantitative estimate of drug-likeness (QED) is 0.820. The van der Waals surface area contributed by atoms with Gasteiger partial charge in [-0.1, -0.05) is 31.4 Å². The average molecular weight is 386 g/mol. The Hall–Kier alpha value is -1.46. The van der Waals surface area contributed by atoms with E-state index in [9.17, 15) is 4.79 Å². The molecule has 2 fully saturated rings. The molecule has 0 spiro atoms. The highest BCUT2D eigenvalue weighted by Crippen LogP contribution is 2.34. The minimum Gasteiger partial charge on any atom is -0.354 e. The number of thiazole rings is 1. The van der Waals surface area contributed by atoms with Gasteiger partial charge >= 0.3 is 0 Å². The number of nitrogens with one attached hydrogen (secondary N) is 1. The van der Waals surface area contributed by atoms with E-state index in [1.165, 1.54) is 41.8 Å². The molecular formula is C22H31N3OS. The van der Waals surface area contributed by atoms with Crippen molar-refractivity contribution in [3.05, 3.63) is 29.3 Å². The SMILES string of the molecule is C[C@@H](C(=O)NCC1CCCCC1)N1CCC(c2nc3ccccc3s2)CC1. The summed E-state index contributed by atoms with van der Waals surface area (Å²) in [5.41, 5.74) is 1.12. The van der Waals surface area contributed by atoms with Crippen molar-refractivity contribution in [3.63, 3.8) is 0 Å². The van der Waals surface area contributed by atoms with Crippen molar-refractivity contribution in [2.75, 3.05) is 19.6 Å². The van der Waals surface area contributed by atoms with Crippen LogP contribution in [0.5, 0.6) is 0 Å². The van der Waals surface area contributed by atoms with E-state index >= 15 is 0 Å². The maximum atomic E-state index is 12.6. The molecule has 1 N–H and O–H groups in total. The van der Waals surface area contributed by atoms with Crippen LogP contribution in [0.15, 0.2) is 24.3 Å². The predicted octanol–water partition coefficient (Wildman–Crippen LogP) is 4.56. The second-order valence-corrected chi connectivity index (χ2v) is 9.32. The smallest absolute Gasteiger partial charge is 0.237 e. The Bertz CT molecular complexity index is 727. The van der Waals surface area contributed by atoms with Gasteiger partial charge in [-0.2, -0.15) is 0 Å². The lowest BCUT2D eigenvalue weighted by Crippen LogP contribution is -2.48. The zero-order chi connectivity index (χ0) is 18.6. The van der Waals surface area contributed by atoms with Crippen molar-refractivity contribution in [3.8, 4) is 0 Å². The molecule has 27 heavy (non-hydrogen) atoms. The van der Waals surface area contributed by atoms with Crippen LogP contribution < -0.4 is 5.32 Å². The fraction of sp³-hybridized carbons (Fsp3) is 0.636. The van der Waals surface area contributed by atoms with Gasteiger partial charge in [0, 0.05) is 12.5 Å². The molecule has 146 valence electrons. The number of hydrogen-bond acceptors (Lipinski definition) is 4. The molecule has 1 atom stereocenters. The van der Waals surface area contributed by atoms with Crippen molar-refractivity contribution in [2.24, 2.45) is 5.92 Å². The summed E-state index contributed by atoms with van der Waals surface area (Å²) in [6.07, 6.45) is 8.78. The number of para-hydroxylation sites is 1. The number of hydrogen-bond donors (Lipinski definition) is 1. The van der Waals surface area contributed by atoms with Gasteiger partial charge in [0.15, 0.2) is 0 Å². The lowest BCUT2D eigenvalue weighted by atomic mass is 9.89. The van der Waals surface area contributed by atoms with E-state index in [-0.39, 0.29) is 11.9 Å². The van der Waals surface area contributed by atoms with E-state index in [0.717, 1.165) is 38.0 Å². The van der Waals surface area contributed by atoms with Crippen molar-refractivity contribution in [1.29, 1.82) is 0 Å². The number of carbonyl (C=O) groups is 1. The first-order valence-corrected chi connectivity index (χ1v) is 11.4. The molecule has 2 heterocycles. The third-order valence-electron chi connectivity index (χ3n) is 6.41. The molecule has 0 unspecified atom stereocenters. The Labute approximate surface area is 166 Å². The minimum atomic E-state index is -0.0232. The molecule has 1 aromatic carbocycles. The summed E-state index contributed by atoms with van der Waals surface area (Å²) in [4.78, 5) is 19.8. The largest absolute Gasteiger partial charge is 0.354 e. The van der Waals surface area contributed by atoms with E-state index < -0.39 is 0 Å². The number of piperidine rings is 1. The Morgan fingerprint density at radius 1 is 1.19 bits per heavy atom. The standard InChI is InChI=1S/C22H31N3OS/c1-16(21(26)23-15-17-7-3-2-4-8-17)25-13-11-18(12-14-25)22-24-19-9-5-6-10-20(19)27-22/h5-6,9-10,16-18H,2-4,7-8,11-15H2,1H3,(H,23,26)/t16-/m0/s1. The number of rotatable bonds is 5. The Morgan fingerprint density at radius 2 is 1.93 bits per heavy atom. The van der Waals surface area contributed by atoms with E-state index in [1.807, 2.05) is 11.3 Å². The van der Waals surface area contributed by atoms with Gasteiger partial charge in [0.05, 0.1) is 21.3 Å². The summed E-state index contributed by atoms with van der Waals surface area (Å²) >= 11 is 1.83. The number of aromatic nitrogens is 1. The third-order valence-corrected chi connectivity index (χ3v) is 7.60. The fourth-order valence-corrected chi connectivity index (χ4v) is 5.68. The van der Waals surface area contributed by atoms with Crippen LogP contribution in [-0.2, 0) is 4.79 Å². The molecule has 0 radical (unpaired) electrons. The van der Waals surface area contributed by atoms with Crippen LogP contribution in [0.25, 0.3) is 10.2 Å². The average Bonchev–Trinajstić information content (AvgIpc) is 3.16. The summed E-state index contributed by atoms with van der Waals surface area (Å²) < 4.78 is 1.28. The van der Waals surface area contributed by atoms with Crippen LogP contribution in [0.3, 0.4) is 0 Å². The Balaban J connectivity index is 1.27. The van der Waals surface area contributed by atoms with Crippen LogP contribution in [0.4, 0.5) is 0 Å². The highest BCUT2D eigenvalue weighted by atomic mass is 32.1. The van der Waals surface area contributed by atoms with Crippen molar-refractivity contribution in [1.82, 2.24) is 15.2 Å². The number of amides is 1. The molecule has 1 aromatic heterocycles. The molecule has 1 saturated carbocycles. The Morgan fingerprint density at radius 3 is 2.67 bits per heavy atom. The van der Waals surface area contributed by atoms with E-state index in [4.69, 9.17) is 4.98 Å². The lowest BCUT2D eigenvalue weighted by molar-refractivity contribution is -0.126. The van der Waals surface area contributed by atoms with Gasteiger partial charge in [-0.3, -0.25) is 9.69 Å². The number of fused-ring (bicyclic) bond motifs is 1. The third kappa shape index (κ3) is 4.52. The molecule has 2 aliphatic rings. The Kier molecular flexibility index (Phi) is 6.08. The van der Waals surface area contributed by atoms with Crippen molar-refractivity contribution >= 4 is 27.5 Å². The minimum absolute atomic E-state index is 0.0232.